The van der Waals surface area contributed by atoms with Crippen molar-refractivity contribution in [2.45, 2.75) is 4.90 Å². The molecule has 2 aromatic carbocycles. The minimum atomic E-state index is -4.07. The lowest BCUT2D eigenvalue weighted by molar-refractivity contribution is 0.0602. The molecule has 0 radical (unpaired) electrons. The van der Waals surface area contributed by atoms with Gasteiger partial charge in [-0.25, -0.2) is 17.2 Å². The Bertz CT molecular complexity index is 1290. The first-order chi connectivity index (χ1) is 13.4. The van der Waals surface area contributed by atoms with Gasteiger partial charge in [-0.1, -0.05) is 41.9 Å². The molecule has 4 aromatic rings. The molecule has 0 saturated heterocycles. The van der Waals surface area contributed by atoms with Crippen molar-refractivity contribution in [3.63, 3.8) is 0 Å². The summed E-state index contributed by atoms with van der Waals surface area (Å²) in [4.78, 5) is 12.0. The van der Waals surface area contributed by atoms with Crippen molar-refractivity contribution in [3.8, 4) is 11.3 Å². The van der Waals surface area contributed by atoms with E-state index in [-0.39, 0.29) is 9.77 Å². The van der Waals surface area contributed by atoms with Crippen LogP contribution in [0.3, 0.4) is 0 Å². The Morgan fingerprint density at radius 2 is 1.82 bits per heavy atom. The number of halogens is 1. The third-order valence-corrected chi connectivity index (χ3v) is 7.34. The number of benzene rings is 2. The molecule has 0 N–H and O–H groups in total. The molecule has 0 amide bonds. The molecule has 0 aliphatic rings. The highest BCUT2D eigenvalue weighted by Gasteiger charge is 2.29. The Hall–Kier alpha value is -2.61. The molecule has 5 nitrogen and oxygen atoms in total. The van der Waals surface area contributed by atoms with Crippen LogP contribution in [0.25, 0.3) is 22.2 Å². The van der Waals surface area contributed by atoms with Gasteiger partial charge >= 0.3 is 5.97 Å². The fraction of sp³-hybridized carbons (Fsp3) is 0.0500. The molecule has 0 unspecified atom stereocenters. The van der Waals surface area contributed by atoms with Crippen LogP contribution in [-0.2, 0) is 14.8 Å². The summed E-state index contributed by atoms with van der Waals surface area (Å²) < 4.78 is 33.2. The van der Waals surface area contributed by atoms with Crippen LogP contribution in [0.15, 0.2) is 70.9 Å². The molecule has 2 aromatic heterocycles. The van der Waals surface area contributed by atoms with Crippen LogP contribution in [0.4, 0.5) is 0 Å². The molecular weight excluding hydrogens is 418 g/mol. The number of hydrogen-bond acceptors (Lipinski definition) is 5. The second-order valence-electron chi connectivity index (χ2n) is 5.97. The highest BCUT2D eigenvalue weighted by atomic mass is 35.5. The molecule has 0 atom stereocenters. The van der Waals surface area contributed by atoms with Gasteiger partial charge in [-0.05, 0) is 41.3 Å². The van der Waals surface area contributed by atoms with Gasteiger partial charge in [-0.15, -0.1) is 11.3 Å². The predicted molar refractivity (Wildman–Crippen MR) is 111 cm³/mol. The molecule has 0 saturated carbocycles. The normalized spacial score (nSPS) is 11.6. The Morgan fingerprint density at radius 3 is 2.54 bits per heavy atom. The molecular formula is C20H14ClNO4S2. The standard InChI is InChI=1S/C20H14ClNO4S2/c1-26-20(23)19-18(9-10-27-19)28(24,25)22-16-8-7-15(21)11-14(16)12-17(22)13-5-3-2-4-6-13/h2-12H,1H3. The summed E-state index contributed by atoms with van der Waals surface area (Å²) in [6, 6.07) is 17.4. The lowest BCUT2D eigenvalue weighted by Crippen LogP contribution is -2.16. The van der Waals surface area contributed by atoms with E-state index in [1.54, 1.807) is 29.6 Å². The number of aromatic nitrogens is 1. The first-order valence-corrected chi connectivity index (χ1v) is 10.9. The van der Waals surface area contributed by atoms with Crippen molar-refractivity contribution in [1.82, 2.24) is 3.97 Å². The van der Waals surface area contributed by atoms with E-state index < -0.39 is 16.0 Å². The number of hydrogen-bond donors (Lipinski definition) is 0. The summed E-state index contributed by atoms with van der Waals surface area (Å²) in [6.45, 7) is 0. The molecule has 8 heteroatoms. The van der Waals surface area contributed by atoms with Crippen LogP contribution in [0.2, 0.25) is 5.02 Å². The molecule has 0 fully saturated rings. The average Bonchev–Trinajstić information content (AvgIpc) is 3.33. The maximum Gasteiger partial charge on any atom is 0.349 e. The van der Waals surface area contributed by atoms with Crippen molar-refractivity contribution in [2.75, 3.05) is 7.11 Å². The van der Waals surface area contributed by atoms with Gasteiger partial charge in [-0.3, -0.25) is 0 Å². The van der Waals surface area contributed by atoms with E-state index in [1.807, 2.05) is 30.3 Å². The van der Waals surface area contributed by atoms with E-state index in [0.717, 1.165) is 16.9 Å². The minimum Gasteiger partial charge on any atom is -0.465 e. The molecule has 0 bridgehead atoms. The van der Waals surface area contributed by atoms with E-state index in [4.69, 9.17) is 16.3 Å². The van der Waals surface area contributed by atoms with Gasteiger partial charge in [-0.2, -0.15) is 0 Å². The predicted octanol–water partition coefficient (Wildman–Crippen LogP) is 5.05. The third kappa shape index (κ3) is 3.01. The quantitative estimate of drug-likeness (QED) is 0.424. The van der Waals surface area contributed by atoms with E-state index in [0.29, 0.717) is 21.6 Å². The van der Waals surface area contributed by atoms with Gasteiger partial charge in [0.1, 0.15) is 9.77 Å². The molecule has 0 spiro atoms. The van der Waals surface area contributed by atoms with Crippen molar-refractivity contribution < 1.29 is 17.9 Å². The van der Waals surface area contributed by atoms with Crippen LogP contribution in [0.1, 0.15) is 9.67 Å². The number of nitrogens with zero attached hydrogens (tertiary/aromatic N) is 1. The first kappa shape index (κ1) is 18.7. The average molecular weight is 432 g/mol. The highest BCUT2D eigenvalue weighted by Crippen LogP contribution is 2.35. The highest BCUT2D eigenvalue weighted by molar-refractivity contribution is 7.90. The summed E-state index contributed by atoms with van der Waals surface area (Å²) in [5.74, 6) is -0.686. The maximum atomic E-state index is 13.6. The second kappa shape index (κ2) is 7.09. The Morgan fingerprint density at radius 1 is 1.07 bits per heavy atom. The minimum absolute atomic E-state index is 0.0392. The third-order valence-electron chi connectivity index (χ3n) is 4.31. The lowest BCUT2D eigenvalue weighted by atomic mass is 10.1. The fourth-order valence-electron chi connectivity index (χ4n) is 3.07. The zero-order valence-corrected chi connectivity index (χ0v) is 17.0. The molecule has 28 heavy (non-hydrogen) atoms. The summed E-state index contributed by atoms with van der Waals surface area (Å²) in [5.41, 5.74) is 1.69. The first-order valence-electron chi connectivity index (χ1n) is 8.21. The van der Waals surface area contributed by atoms with Crippen molar-refractivity contribution >= 4 is 49.8 Å². The van der Waals surface area contributed by atoms with Crippen molar-refractivity contribution in [2.24, 2.45) is 0 Å². The van der Waals surface area contributed by atoms with Crippen LogP contribution >= 0.6 is 22.9 Å². The maximum absolute atomic E-state index is 13.6. The Balaban J connectivity index is 2.05. The van der Waals surface area contributed by atoms with Crippen LogP contribution < -0.4 is 0 Å². The second-order valence-corrected chi connectivity index (χ2v) is 9.08. The van der Waals surface area contributed by atoms with Crippen LogP contribution in [0.5, 0.6) is 0 Å². The molecule has 2 heterocycles. The van der Waals surface area contributed by atoms with Gasteiger partial charge in [0, 0.05) is 10.4 Å². The summed E-state index contributed by atoms with van der Waals surface area (Å²) in [6.07, 6.45) is 0. The SMILES string of the molecule is COC(=O)c1sccc1S(=O)(=O)n1c(-c2ccccc2)cc2cc(Cl)ccc21. The number of thiophene rings is 1. The number of rotatable bonds is 4. The van der Waals surface area contributed by atoms with Crippen molar-refractivity contribution in [1.29, 1.82) is 0 Å². The summed E-state index contributed by atoms with van der Waals surface area (Å²) >= 11 is 7.14. The molecule has 4 rings (SSSR count). The lowest BCUT2D eigenvalue weighted by Gasteiger charge is -2.12. The number of esters is 1. The van der Waals surface area contributed by atoms with E-state index >= 15 is 0 Å². The molecule has 0 aliphatic carbocycles. The topological polar surface area (TPSA) is 65.4 Å². The smallest absolute Gasteiger partial charge is 0.349 e. The zero-order chi connectivity index (χ0) is 19.9. The zero-order valence-electron chi connectivity index (χ0n) is 14.6. The number of ether oxygens (including phenoxy) is 1. The summed E-state index contributed by atoms with van der Waals surface area (Å²) in [7, 11) is -2.85. The number of fused-ring (bicyclic) bond motifs is 1. The van der Waals surface area contributed by atoms with E-state index in [1.165, 1.54) is 17.1 Å². The monoisotopic (exact) mass is 431 g/mol. The van der Waals surface area contributed by atoms with Crippen molar-refractivity contribution in [3.05, 3.63) is 75.9 Å². The fourth-order valence-corrected chi connectivity index (χ4v) is 6.10. The van der Waals surface area contributed by atoms with E-state index in [2.05, 4.69) is 0 Å². The largest absolute Gasteiger partial charge is 0.465 e. The van der Waals surface area contributed by atoms with Gasteiger partial charge in [0.2, 0.25) is 0 Å². The van der Waals surface area contributed by atoms with Crippen LogP contribution in [-0.4, -0.2) is 25.5 Å². The van der Waals surface area contributed by atoms with Gasteiger partial charge in [0.05, 0.1) is 18.3 Å². The van der Waals surface area contributed by atoms with E-state index in [9.17, 15) is 13.2 Å². The van der Waals surface area contributed by atoms with Crippen LogP contribution in [0, 0.1) is 0 Å². The Kier molecular flexibility index (Phi) is 4.74. The number of carbonyl (C=O) groups excluding carboxylic acids is 1. The number of methoxy groups -OCH3 is 1. The van der Waals surface area contributed by atoms with Gasteiger partial charge < -0.3 is 4.74 Å². The van der Waals surface area contributed by atoms with Gasteiger partial charge in [0.15, 0.2) is 0 Å². The Labute approximate surface area is 170 Å². The summed E-state index contributed by atoms with van der Waals surface area (Å²) in [5, 5.41) is 2.75. The van der Waals surface area contributed by atoms with Gasteiger partial charge in [0.25, 0.3) is 10.0 Å². The molecule has 0 aliphatic heterocycles. The number of carbonyl (C=O) groups is 1. The molecule has 142 valence electrons.